The Morgan fingerprint density at radius 2 is 1.94 bits per heavy atom. The van der Waals surface area contributed by atoms with Crippen molar-refractivity contribution in [3.8, 4) is 0 Å². The Balaban J connectivity index is 1.22. The van der Waals surface area contributed by atoms with Crippen LogP contribution < -0.4 is 0 Å². The molecule has 3 saturated carbocycles. The third-order valence-electron chi connectivity index (χ3n) is 11.8. The minimum atomic E-state index is -0.518. The topological polar surface area (TPSA) is 38.7 Å². The maximum atomic E-state index is 10.2. The lowest BCUT2D eigenvalue weighted by molar-refractivity contribution is -0.0728. The largest absolute Gasteiger partial charge is 0.390 e. The van der Waals surface area contributed by atoms with Crippen molar-refractivity contribution in [3.05, 3.63) is 11.6 Å². The molecule has 9 atom stereocenters. The zero-order chi connectivity index (χ0) is 24.8. The average Bonchev–Trinajstić information content (AvgIpc) is 3.44. The van der Waals surface area contributed by atoms with Crippen LogP contribution >= 0.6 is 0 Å². The highest BCUT2D eigenvalue weighted by Crippen LogP contribution is 2.67. The van der Waals surface area contributed by atoms with Gasteiger partial charge in [0.25, 0.3) is 0 Å². The number of rotatable bonds is 8. The number of allylic oxidation sites excluding steroid dienone is 1. The lowest BCUT2D eigenvalue weighted by Crippen LogP contribution is -2.51. The van der Waals surface area contributed by atoms with E-state index in [9.17, 15) is 5.11 Å². The molecule has 0 amide bonds. The summed E-state index contributed by atoms with van der Waals surface area (Å²) in [4.78, 5) is 0. The number of ether oxygens (including phenoxy) is 2. The van der Waals surface area contributed by atoms with Crippen molar-refractivity contribution >= 4 is 0 Å². The van der Waals surface area contributed by atoms with Gasteiger partial charge in [-0.2, -0.15) is 0 Å². The van der Waals surface area contributed by atoms with Gasteiger partial charge in [-0.3, -0.25) is 0 Å². The van der Waals surface area contributed by atoms with Crippen molar-refractivity contribution in [1.29, 1.82) is 0 Å². The number of hydrogen-bond donors (Lipinski definition) is 1. The predicted molar refractivity (Wildman–Crippen MR) is 143 cm³/mol. The van der Waals surface area contributed by atoms with Gasteiger partial charge < -0.3 is 14.6 Å². The van der Waals surface area contributed by atoms with Crippen molar-refractivity contribution in [2.45, 2.75) is 136 Å². The van der Waals surface area contributed by atoms with Gasteiger partial charge in [-0.25, -0.2) is 0 Å². The summed E-state index contributed by atoms with van der Waals surface area (Å²) in [6.45, 7) is 13.5. The molecule has 1 aliphatic heterocycles. The fourth-order valence-electron chi connectivity index (χ4n) is 9.82. The molecule has 1 N–H and O–H groups in total. The predicted octanol–water partition coefficient (Wildman–Crippen LogP) is 7.71. The van der Waals surface area contributed by atoms with Gasteiger partial charge in [-0.15, -0.1) is 0 Å². The van der Waals surface area contributed by atoms with E-state index in [4.69, 9.17) is 9.47 Å². The molecule has 1 saturated heterocycles. The van der Waals surface area contributed by atoms with E-state index >= 15 is 0 Å². The van der Waals surface area contributed by atoms with E-state index in [0.717, 1.165) is 62.1 Å². The number of hydrogen-bond acceptors (Lipinski definition) is 3. The maximum absolute atomic E-state index is 10.2. The summed E-state index contributed by atoms with van der Waals surface area (Å²) in [6, 6.07) is 0. The van der Waals surface area contributed by atoms with Gasteiger partial charge in [0.1, 0.15) is 0 Å². The van der Waals surface area contributed by atoms with Crippen LogP contribution in [0.4, 0.5) is 0 Å². The molecule has 0 spiro atoms. The lowest BCUT2D eigenvalue weighted by atomic mass is 9.47. The molecule has 4 fully saturated rings. The number of fused-ring (bicyclic) bond motifs is 5. The van der Waals surface area contributed by atoms with Crippen LogP contribution in [-0.4, -0.2) is 36.1 Å². The zero-order valence-corrected chi connectivity index (χ0v) is 23.5. The van der Waals surface area contributed by atoms with Gasteiger partial charge in [0.2, 0.25) is 0 Å². The maximum Gasteiger partial charge on any atom is 0.0809 e. The molecule has 200 valence electrons. The molecule has 0 aromatic heterocycles. The molecule has 3 heteroatoms. The molecule has 0 aromatic carbocycles. The van der Waals surface area contributed by atoms with Crippen LogP contribution in [0.2, 0.25) is 0 Å². The third-order valence-corrected chi connectivity index (χ3v) is 11.8. The van der Waals surface area contributed by atoms with Crippen LogP contribution in [-0.2, 0) is 9.47 Å². The molecule has 0 aromatic rings. The van der Waals surface area contributed by atoms with Crippen LogP contribution in [0.5, 0.6) is 0 Å². The standard InChI is InChI=1S/C32H54O3/c1-22(8-6-16-30(2,3)33)27-12-13-28-26-11-10-23-20-24(35-21-25-9-7-19-34-25)14-17-31(23,4)29(26)15-18-32(27,28)5/h10,22,24-29,33H,6-9,11-21H2,1-5H3/t22-,24+,25?,26?,27-,28?,29?,31+,32-/m1/s1. The van der Waals surface area contributed by atoms with Crippen LogP contribution in [0.3, 0.4) is 0 Å². The van der Waals surface area contributed by atoms with Crippen molar-refractivity contribution < 1.29 is 14.6 Å². The van der Waals surface area contributed by atoms with E-state index < -0.39 is 5.60 Å². The second-order valence-corrected chi connectivity index (χ2v) is 14.5. The summed E-state index contributed by atoms with van der Waals surface area (Å²) >= 11 is 0. The molecular weight excluding hydrogens is 432 g/mol. The van der Waals surface area contributed by atoms with E-state index in [-0.39, 0.29) is 0 Å². The average molecular weight is 487 g/mol. The fourth-order valence-corrected chi connectivity index (χ4v) is 9.82. The van der Waals surface area contributed by atoms with Gasteiger partial charge in [0, 0.05) is 6.61 Å². The second kappa shape index (κ2) is 10.1. The minimum absolute atomic E-state index is 0.344. The van der Waals surface area contributed by atoms with E-state index in [0.29, 0.717) is 23.0 Å². The Morgan fingerprint density at radius 1 is 1.11 bits per heavy atom. The Morgan fingerprint density at radius 3 is 2.69 bits per heavy atom. The molecule has 0 radical (unpaired) electrons. The second-order valence-electron chi connectivity index (χ2n) is 14.5. The molecule has 5 rings (SSSR count). The molecule has 3 nitrogen and oxygen atoms in total. The summed E-state index contributed by atoms with van der Waals surface area (Å²) in [5, 5.41) is 10.2. The van der Waals surface area contributed by atoms with Crippen LogP contribution in [0, 0.1) is 40.4 Å². The van der Waals surface area contributed by atoms with Gasteiger partial charge in [0.05, 0.1) is 24.4 Å². The third kappa shape index (κ3) is 5.17. The summed E-state index contributed by atoms with van der Waals surface area (Å²) in [6.07, 6.45) is 19.9. The van der Waals surface area contributed by atoms with E-state index in [1.165, 1.54) is 64.2 Å². The SMILES string of the molecule is C[C@H](CCCC(C)(C)O)[C@H]1CCC2C3CC=C4C[C@@H](OCC5CCCO5)CC[C@]4(C)C3CC[C@@]21C. The van der Waals surface area contributed by atoms with Crippen LogP contribution in [0.1, 0.15) is 118 Å². The molecule has 0 bridgehead atoms. The molecule has 5 aliphatic rings. The Labute approximate surface area is 215 Å². The van der Waals surface area contributed by atoms with Crippen molar-refractivity contribution in [2.24, 2.45) is 40.4 Å². The smallest absolute Gasteiger partial charge is 0.0809 e. The first kappa shape index (κ1) is 26.2. The summed E-state index contributed by atoms with van der Waals surface area (Å²) < 4.78 is 12.2. The molecule has 4 aliphatic carbocycles. The van der Waals surface area contributed by atoms with E-state index in [2.05, 4.69) is 26.8 Å². The Kier molecular flexibility index (Phi) is 7.54. The number of aliphatic hydroxyl groups is 1. The monoisotopic (exact) mass is 486 g/mol. The van der Waals surface area contributed by atoms with Crippen molar-refractivity contribution in [2.75, 3.05) is 13.2 Å². The highest BCUT2D eigenvalue weighted by atomic mass is 16.5. The van der Waals surface area contributed by atoms with E-state index in [1.807, 2.05) is 13.8 Å². The lowest BCUT2D eigenvalue weighted by Gasteiger charge is -2.58. The molecular formula is C32H54O3. The van der Waals surface area contributed by atoms with Crippen molar-refractivity contribution in [3.63, 3.8) is 0 Å². The Bertz CT molecular complexity index is 761. The Hall–Kier alpha value is -0.380. The van der Waals surface area contributed by atoms with Gasteiger partial charge in [-0.05, 0) is 125 Å². The first-order valence-electron chi connectivity index (χ1n) is 15.3. The first-order chi connectivity index (χ1) is 16.6. The van der Waals surface area contributed by atoms with Crippen molar-refractivity contribution in [1.82, 2.24) is 0 Å². The molecule has 4 unspecified atom stereocenters. The summed E-state index contributed by atoms with van der Waals surface area (Å²) in [5.41, 5.74) is 2.15. The van der Waals surface area contributed by atoms with Gasteiger partial charge >= 0.3 is 0 Å². The van der Waals surface area contributed by atoms with E-state index in [1.54, 1.807) is 5.57 Å². The highest BCUT2D eigenvalue weighted by molar-refractivity contribution is 5.25. The highest BCUT2D eigenvalue weighted by Gasteiger charge is 2.59. The summed E-state index contributed by atoms with van der Waals surface area (Å²) in [5.74, 6) is 4.33. The summed E-state index contributed by atoms with van der Waals surface area (Å²) in [7, 11) is 0. The minimum Gasteiger partial charge on any atom is -0.390 e. The first-order valence-corrected chi connectivity index (χ1v) is 15.3. The normalized spacial score (nSPS) is 44.3. The van der Waals surface area contributed by atoms with Gasteiger partial charge in [-0.1, -0.05) is 45.3 Å². The van der Waals surface area contributed by atoms with Crippen LogP contribution in [0.15, 0.2) is 11.6 Å². The quantitative estimate of drug-likeness (QED) is 0.357. The fraction of sp³-hybridized carbons (Fsp3) is 0.938. The van der Waals surface area contributed by atoms with Gasteiger partial charge in [0.15, 0.2) is 0 Å². The zero-order valence-electron chi connectivity index (χ0n) is 23.5. The molecule has 1 heterocycles. The van der Waals surface area contributed by atoms with Crippen LogP contribution in [0.25, 0.3) is 0 Å². The molecule has 35 heavy (non-hydrogen) atoms.